The molecule has 1 heterocycles. The van der Waals surface area contributed by atoms with E-state index in [0.717, 1.165) is 37.4 Å². The van der Waals surface area contributed by atoms with Gasteiger partial charge in [0, 0.05) is 22.8 Å². The molecule has 148 valence electrons. The zero-order chi connectivity index (χ0) is 20.1. The van der Waals surface area contributed by atoms with Crippen molar-refractivity contribution in [3.8, 4) is 0 Å². The normalized spacial score (nSPS) is 15.9. The lowest BCUT2D eigenvalue weighted by molar-refractivity contribution is -0.892. The van der Waals surface area contributed by atoms with Crippen LogP contribution in [0.15, 0.2) is 48.5 Å². The molecule has 1 atom stereocenters. The summed E-state index contributed by atoms with van der Waals surface area (Å²) in [6, 6.07) is 14.0. The van der Waals surface area contributed by atoms with Crippen LogP contribution in [-0.2, 0) is 4.79 Å². The van der Waals surface area contributed by atoms with Crippen LogP contribution in [0.5, 0.6) is 0 Å². The second-order valence-corrected chi connectivity index (χ2v) is 7.46. The maximum absolute atomic E-state index is 12.4. The number of nitro groups is 1. The molecule has 1 aliphatic heterocycles. The molecule has 2 N–H and O–H groups in total. The van der Waals surface area contributed by atoms with Crippen molar-refractivity contribution in [2.24, 2.45) is 0 Å². The van der Waals surface area contributed by atoms with E-state index in [1.807, 2.05) is 31.2 Å². The molecule has 2 aromatic carbocycles. The highest BCUT2D eigenvalue weighted by atomic mass is 35.5. The number of carbonyl (C=O) groups is 1. The molecular weight excluding hydrogens is 380 g/mol. The maximum Gasteiger partial charge on any atom is 0.275 e. The molecule has 0 aromatic heterocycles. The average Bonchev–Trinajstić information content (AvgIpc) is 2.69. The first-order valence-corrected chi connectivity index (χ1v) is 9.68. The Morgan fingerprint density at radius 3 is 2.36 bits per heavy atom. The standard InChI is InChI=1S/C20H23ClN4O3/c1-15(16-2-4-17(21)5-3-16)22-20(26)14-23-10-12-24(13-11-23)18-6-8-19(9-7-18)25(27)28/h2-9,15H,10-14H2,1H3,(H,22,26)/p+1/t15-/m1/s1. The maximum atomic E-state index is 12.4. The molecule has 0 aliphatic carbocycles. The fourth-order valence-electron chi connectivity index (χ4n) is 3.40. The number of halogens is 1. The van der Waals surface area contributed by atoms with Gasteiger partial charge in [-0.25, -0.2) is 0 Å². The number of quaternary nitrogens is 1. The quantitative estimate of drug-likeness (QED) is 0.569. The van der Waals surface area contributed by atoms with Crippen molar-refractivity contribution >= 4 is 28.9 Å². The molecule has 28 heavy (non-hydrogen) atoms. The predicted molar refractivity (Wildman–Crippen MR) is 109 cm³/mol. The number of hydrogen-bond acceptors (Lipinski definition) is 4. The van der Waals surface area contributed by atoms with Gasteiger partial charge >= 0.3 is 0 Å². The molecule has 0 spiro atoms. The van der Waals surface area contributed by atoms with Crippen molar-refractivity contribution in [1.29, 1.82) is 0 Å². The Hall–Kier alpha value is -2.64. The van der Waals surface area contributed by atoms with E-state index < -0.39 is 4.92 Å². The number of rotatable bonds is 6. The third-order valence-corrected chi connectivity index (χ3v) is 5.31. The van der Waals surface area contributed by atoms with E-state index in [9.17, 15) is 14.9 Å². The lowest BCUT2D eigenvalue weighted by Crippen LogP contribution is -3.15. The Kier molecular flexibility index (Phi) is 6.49. The van der Waals surface area contributed by atoms with Gasteiger partial charge in [0.1, 0.15) is 0 Å². The second-order valence-electron chi connectivity index (χ2n) is 7.03. The first-order chi connectivity index (χ1) is 13.4. The Bertz CT molecular complexity index is 818. The van der Waals surface area contributed by atoms with Crippen LogP contribution in [0.2, 0.25) is 5.02 Å². The van der Waals surface area contributed by atoms with Crippen molar-refractivity contribution in [3.05, 3.63) is 69.2 Å². The van der Waals surface area contributed by atoms with Crippen LogP contribution in [0, 0.1) is 10.1 Å². The molecule has 0 radical (unpaired) electrons. The number of carbonyl (C=O) groups excluding carboxylic acids is 1. The highest BCUT2D eigenvalue weighted by molar-refractivity contribution is 6.30. The van der Waals surface area contributed by atoms with Crippen LogP contribution >= 0.6 is 11.6 Å². The van der Waals surface area contributed by atoms with Gasteiger partial charge in [0.2, 0.25) is 0 Å². The number of non-ortho nitro benzene ring substituents is 1. The van der Waals surface area contributed by atoms with E-state index in [4.69, 9.17) is 11.6 Å². The Balaban J connectivity index is 1.46. The number of nitrogens with zero attached hydrogens (tertiary/aromatic N) is 2. The van der Waals surface area contributed by atoms with E-state index >= 15 is 0 Å². The van der Waals surface area contributed by atoms with E-state index in [-0.39, 0.29) is 17.6 Å². The van der Waals surface area contributed by atoms with Crippen LogP contribution in [0.4, 0.5) is 11.4 Å². The fraction of sp³-hybridized carbons (Fsp3) is 0.350. The smallest absolute Gasteiger partial charge is 0.275 e. The fourth-order valence-corrected chi connectivity index (χ4v) is 3.52. The van der Waals surface area contributed by atoms with E-state index in [1.165, 1.54) is 17.0 Å². The van der Waals surface area contributed by atoms with Crippen LogP contribution in [0.25, 0.3) is 0 Å². The van der Waals surface area contributed by atoms with Gasteiger partial charge in [-0.2, -0.15) is 0 Å². The van der Waals surface area contributed by atoms with Gasteiger partial charge in [-0.05, 0) is 36.8 Å². The van der Waals surface area contributed by atoms with Crippen molar-refractivity contribution < 1.29 is 14.6 Å². The van der Waals surface area contributed by atoms with Gasteiger partial charge in [-0.15, -0.1) is 0 Å². The molecule has 1 amide bonds. The van der Waals surface area contributed by atoms with Gasteiger partial charge in [0.25, 0.3) is 11.6 Å². The van der Waals surface area contributed by atoms with Gasteiger partial charge in [-0.3, -0.25) is 14.9 Å². The molecule has 2 aromatic rings. The number of anilines is 1. The number of amides is 1. The van der Waals surface area contributed by atoms with Gasteiger partial charge in [0.15, 0.2) is 6.54 Å². The highest BCUT2D eigenvalue weighted by Gasteiger charge is 2.23. The molecule has 7 nitrogen and oxygen atoms in total. The Morgan fingerprint density at radius 1 is 1.18 bits per heavy atom. The molecule has 1 saturated heterocycles. The van der Waals surface area contributed by atoms with Crippen molar-refractivity contribution in [3.63, 3.8) is 0 Å². The molecule has 3 rings (SSSR count). The lowest BCUT2D eigenvalue weighted by atomic mass is 10.1. The monoisotopic (exact) mass is 403 g/mol. The summed E-state index contributed by atoms with van der Waals surface area (Å²) in [7, 11) is 0. The SMILES string of the molecule is C[C@@H](NC(=O)C[NH+]1CCN(c2ccc([N+](=O)[O-])cc2)CC1)c1ccc(Cl)cc1. The summed E-state index contributed by atoms with van der Waals surface area (Å²) in [6.07, 6.45) is 0. The lowest BCUT2D eigenvalue weighted by Gasteiger charge is -2.33. The largest absolute Gasteiger partial charge is 0.360 e. The summed E-state index contributed by atoms with van der Waals surface area (Å²) >= 11 is 5.90. The Labute approximate surface area is 169 Å². The molecule has 8 heteroatoms. The van der Waals surface area contributed by atoms with Crippen LogP contribution < -0.4 is 15.1 Å². The first kappa shape index (κ1) is 20.1. The third-order valence-electron chi connectivity index (χ3n) is 5.05. The van der Waals surface area contributed by atoms with Crippen molar-refractivity contribution in [2.45, 2.75) is 13.0 Å². The topological polar surface area (TPSA) is 79.9 Å². The molecule has 0 unspecified atom stereocenters. The summed E-state index contributed by atoms with van der Waals surface area (Å²) in [5.74, 6) is 0.0289. The minimum atomic E-state index is -0.393. The summed E-state index contributed by atoms with van der Waals surface area (Å²) in [5, 5.41) is 14.5. The van der Waals surface area contributed by atoms with Crippen molar-refractivity contribution in [1.82, 2.24) is 5.32 Å². The summed E-state index contributed by atoms with van der Waals surface area (Å²) in [4.78, 5) is 26.2. The molecule has 1 fully saturated rings. The molecule has 0 saturated carbocycles. The van der Waals surface area contributed by atoms with Crippen LogP contribution in [0.3, 0.4) is 0 Å². The zero-order valence-corrected chi connectivity index (χ0v) is 16.5. The van der Waals surface area contributed by atoms with E-state index in [1.54, 1.807) is 12.1 Å². The van der Waals surface area contributed by atoms with Crippen LogP contribution in [0.1, 0.15) is 18.5 Å². The zero-order valence-electron chi connectivity index (χ0n) is 15.7. The highest BCUT2D eigenvalue weighted by Crippen LogP contribution is 2.19. The number of nitrogens with one attached hydrogen (secondary N) is 2. The van der Waals surface area contributed by atoms with E-state index in [0.29, 0.717) is 11.6 Å². The average molecular weight is 404 g/mol. The Morgan fingerprint density at radius 2 is 1.79 bits per heavy atom. The van der Waals surface area contributed by atoms with E-state index in [2.05, 4.69) is 10.2 Å². The predicted octanol–water partition coefficient (Wildman–Crippen LogP) is 1.83. The number of hydrogen-bond donors (Lipinski definition) is 2. The first-order valence-electron chi connectivity index (χ1n) is 9.30. The number of benzene rings is 2. The number of nitro benzene ring substituents is 1. The minimum absolute atomic E-state index is 0.0289. The minimum Gasteiger partial charge on any atom is -0.360 e. The summed E-state index contributed by atoms with van der Waals surface area (Å²) in [6.45, 7) is 5.72. The summed E-state index contributed by atoms with van der Waals surface area (Å²) < 4.78 is 0. The van der Waals surface area contributed by atoms with Gasteiger partial charge in [0.05, 0.1) is 37.1 Å². The van der Waals surface area contributed by atoms with Crippen molar-refractivity contribution in [2.75, 3.05) is 37.6 Å². The molecular formula is C20H24ClN4O3+. The third kappa shape index (κ3) is 5.21. The van der Waals surface area contributed by atoms with Gasteiger partial charge < -0.3 is 15.1 Å². The molecule has 0 bridgehead atoms. The van der Waals surface area contributed by atoms with Gasteiger partial charge in [-0.1, -0.05) is 23.7 Å². The summed E-state index contributed by atoms with van der Waals surface area (Å²) in [5.41, 5.74) is 2.10. The number of piperazine rings is 1. The second kappa shape index (κ2) is 9.03. The van der Waals surface area contributed by atoms with Crippen LogP contribution in [-0.4, -0.2) is 43.6 Å². The molecule has 1 aliphatic rings.